The van der Waals surface area contributed by atoms with Crippen molar-refractivity contribution in [3.63, 3.8) is 0 Å². The molecule has 1 aromatic heterocycles. The maximum absolute atomic E-state index is 11.5. The fourth-order valence-electron chi connectivity index (χ4n) is 2.91. The van der Waals surface area contributed by atoms with Gasteiger partial charge in [0.1, 0.15) is 4.47 Å². The molecule has 1 aromatic carbocycles. The summed E-state index contributed by atoms with van der Waals surface area (Å²) in [5.41, 5.74) is 1.13. The lowest BCUT2D eigenvalue weighted by molar-refractivity contribution is -0.384. The van der Waals surface area contributed by atoms with Crippen molar-refractivity contribution in [3.8, 4) is 0 Å². The van der Waals surface area contributed by atoms with Gasteiger partial charge in [0, 0.05) is 23.1 Å². The topological polar surface area (TPSA) is 85.0 Å². The van der Waals surface area contributed by atoms with Crippen LogP contribution in [0.4, 0.5) is 11.6 Å². The van der Waals surface area contributed by atoms with Crippen molar-refractivity contribution in [2.75, 3.05) is 18.4 Å². The Morgan fingerprint density at radius 1 is 1.52 bits per heavy atom. The summed E-state index contributed by atoms with van der Waals surface area (Å²) in [4.78, 5) is 15.7. The molecule has 1 saturated heterocycles. The van der Waals surface area contributed by atoms with Gasteiger partial charge < -0.3 is 15.2 Å². The number of aromatic nitrogens is 2. The first-order valence-electron chi connectivity index (χ1n) is 7.41. The summed E-state index contributed by atoms with van der Waals surface area (Å²) in [5, 5.41) is 18.2. The minimum absolute atomic E-state index is 0.0126. The van der Waals surface area contributed by atoms with E-state index in [2.05, 4.69) is 47.5 Å². The molecule has 0 aliphatic carbocycles. The normalized spacial score (nSPS) is 18.0. The van der Waals surface area contributed by atoms with Crippen molar-refractivity contribution < 1.29 is 4.92 Å². The van der Waals surface area contributed by atoms with Crippen molar-refractivity contribution in [2.45, 2.75) is 32.4 Å². The Balaban J connectivity index is 2.22. The van der Waals surface area contributed by atoms with Gasteiger partial charge in [-0.3, -0.25) is 10.1 Å². The standard InChI is InChI=1S/C14H17Br2N5O2/c1-7(2)20-10-5-9(15)11(16)13(21(22)23)12(10)19-14(20)18-8-3-4-17-6-8/h5,7-8,17H,3-4,6H2,1-2H3,(H,18,19). The Kier molecular flexibility index (Phi) is 4.61. The zero-order valence-corrected chi connectivity index (χ0v) is 15.9. The van der Waals surface area contributed by atoms with E-state index in [4.69, 9.17) is 0 Å². The fraction of sp³-hybridized carbons (Fsp3) is 0.500. The third kappa shape index (κ3) is 2.97. The molecule has 2 aromatic rings. The van der Waals surface area contributed by atoms with E-state index in [9.17, 15) is 10.1 Å². The van der Waals surface area contributed by atoms with E-state index < -0.39 is 4.92 Å². The van der Waals surface area contributed by atoms with Gasteiger partial charge in [-0.1, -0.05) is 0 Å². The molecule has 23 heavy (non-hydrogen) atoms. The third-order valence-corrected chi connectivity index (χ3v) is 5.91. The van der Waals surface area contributed by atoms with E-state index >= 15 is 0 Å². The van der Waals surface area contributed by atoms with E-state index in [0.29, 0.717) is 20.4 Å². The van der Waals surface area contributed by atoms with Crippen LogP contribution in [0.15, 0.2) is 15.0 Å². The molecule has 0 saturated carbocycles. The quantitative estimate of drug-likeness (QED) is 0.550. The number of fused-ring (bicyclic) bond motifs is 1. The summed E-state index contributed by atoms with van der Waals surface area (Å²) in [6, 6.07) is 2.29. The Hall–Kier alpha value is -1.19. The smallest absolute Gasteiger partial charge is 0.312 e. The molecular formula is C14H17Br2N5O2. The molecule has 1 unspecified atom stereocenters. The van der Waals surface area contributed by atoms with E-state index in [1.165, 1.54) is 0 Å². The molecule has 7 nitrogen and oxygen atoms in total. The second-order valence-corrected chi connectivity index (χ2v) is 7.53. The van der Waals surface area contributed by atoms with E-state index in [1.807, 2.05) is 24.5 Å². The lowest BCUT2D eigenvalue weighted by Crippen LogP contribution is -2.24. The van der Waals surface area contributed by atoms with Gasteiger partial charge in [-0.05, 0) is 64.7 Å². The van der Waals surface area contributed by atoms with Crippen LogP contribution in [0.5, 0.6) is 0 Å². The average Bonchev–Trinajstić information content (AvgIpc) is 3.07. The van der Waals surface area contributed by atoms with Gasteiger partial charge in [0.25, 0.3) is 0 Å². The number of nitrogens with zero attached hydrogens (tertiary/aromatic N) is 3. The largest absolute Gasteiger partial charge is 0.352 e. The number of benzene rings is 1. The molecule has 0 radical (unpaired) electrons. The van der Waals surface area contributed by atoms with Gasteiger partial charge in [-0.15, -0.1) is 0 Å². The molecule has 2 N–H and O–H groups in total. The van der Waals surface area contributed by atoms with Crippen LogP contribution in [0.1, 0.15) is 26.3 Å². The Labute approximate surface area is 150 Å². The number of rotatable bonds is 4. The molecule has 0 amide bonds. The van der Waals surface area contributed by atoms with E-state index in [0.717, 1.165) is 25.0 Å². The first kappa shape index (κ1) is 16.7. The summed E-state index contributed by atoms with van der Waals surface area (Å²) in [6.07, 6.45) is 1.01. The summed E-state index contributed by atoms with van der Waals surface area (Å²) < 4.78 is 3.07. The maximum Gasteiger partial charge on any atom is 0.312 e. The van der Waals surface area contributed by atoms with Gasteiger partial charge >= 0.3 is 5.69 Å². The number of halogens is 2. The van der Waals surface area contributed by atoms with Crippen molar-refractivity contribution in [1.29, 1.82) is 0 Å². The van der Waals surface area contributed by atoms with Crippen LogP contribution in [0.2, 0.25) is 0 Å². The van der Waals surface area contributed by atoms with Gasteiger partial charge in [-0.2, -0.15) is 0 Å². The number of hydrogen-bond donors (Lipinski definition) is 2. The zero-order chi connectivity index (χ0) is 16.7. The molecule has 0 spiro atoms. The molecule has 124 valence electrons. The first-order chi connectivity index (χ1) is 10.9. The van der Waals surface area contributed by atoms with Gasteiger partial charge in [0.05, 0.1) is 10.4 Å². The SMILES string of the molecule is CC(C)n1c(NC2CCNC2)nc2c([N+](=O)[O-])c(Br)c(Br)cc21. The highest BCUT2D eigenvalue weighted by atomic mass is 79.9. The van der Waals surface area contributed by atoms with Crippen LogP contribution in [0.25, 0.3) is 11.0 Å². The number of nitro groups is 1. The number of hydrogen-bond acceptors (Lipinski definition) is 5. The number of imidazole rings is 1. The third-order valence-electron chi connectivity index (χ3n) is 3.95. The summed E-state index contributed by atoms with van der Waals surface area (Å²) >= 11 is 6.69. The molecule has 2 heterocycles. The molecule has 1 fully saturated rings. The number of nitrogens with one attached hydrogen (secondary N) is 2. The van der Waals surface area contributed by atoms with Crippen LogP contribution in [-0.2, 0) is 0 Å². The van der Waals surface area contributed by atoms with Crippen molar-refractivity contribution in [3.05, 3.63) is 25.1 Å². The molecule has 0 bridgehead atoms. The lowest BCUT2D eigenvalue weighted by atomic mass is 10.2. The average molecular weight is 447 g/mol. The molecular weight excluding hydrogens is 430 g/mol. The molecule has 1 aliphatic heterocycles. The minimum Gasteiger partial charge on any atom is -0.352 e. The first-order valence-corrected chi connectivity index (χ1v) is 9.00. The monoisotopic (exact) mass is 445 g/mol. The van der Waals surface area contributed by atoms with Crippen LogP contribution in [0, 0.1) is 10.1 Å². The minimum atomic E-state index is -0.393. The highest BCUT2D eigenvalue weighted by Crippen LogP contribution is 2.40. The summed E-state index contributed by atoms with van der Waals surface area (Å²) in [5.74, 6) is 0.678. The Morgan fingerprint density at radius 3 is 2.83 bits per heavy atom. The lowest BCUT2D eigenvalue weighted by Gasteiger charge is -2.17. The second kappa shape index (κ2) is 6.37. The van der Waals surface area contributed by atoms with E-state index in [-0.39, 0.29) is 17.8 Å². The maximum atomic E-state index is 11.5. The molecule has 1 aliphatic rings. The number of nitro benzene ring substituents is 1. The van der Waals surface area contributed by atoms with Crippen LogP contribution in [-0.4, -0.2) is 33.6 Å². The fourth-order valence-corrected chi connectivity index (χ4v) is 3.76. The van der Waals surface area contributed by atoms with E-state index in [1.54, 1.807) is 0 Å². The van der Waals surface area contributed by atoms with Crippen LogP contribution >= 0.6 is 31.9 Å². The highest BCUT2D eigenvalue weighted by Gasteiger charge is 2.27. The highest BCUT2D eigenvalue weighted by molar-refractivity contribution is 9.13. The van der Waals surface area contributed by atoms with Crippen molar-refractivity contribution in [2.24, 2.45) is 0 Å². The van der Waals surface area contributed by atoms with Crippen molar-refractivity contribution in [1.82, 2.24) is 14.9 Å². The van der Waals surface area contributed by atoms with Crippen LogP contribution in [0.3, 0.4) is 0 Å². The van der Waals surface area contributed by atoms with Gasteiger partial charge in [0.2, 0.25) is 5.95 Å². The summed E-state index contributed by atoms with van der Waals surface area (Å²) in [6.45, 7) is 5.93. The van der Waals surface area contributed by atoms with Crippen LogP contribution < -0.4 is 10.6 Å². The van der Waals surface area contributed by atoms with Crippen molar-refractivity contribution >= 4 is 54.5 Å². The van der Waals surface area contributed by atoms with Gasteiger partial charge in [-0.25, -0.2) is 4.98 Å². The molecule has 9 heteroatoms. The second-order valence-electron chi connectivity index (χ2n) is 5.88. The predicted octanol–water partition coefficient (Wildman–Crippen LogP) is 3.82. The Bertz CT molecular complexity index is 768. The Morgan fingerprint density at radius 2 is 2.26 bits per heavy atom. The summed E-state index contributed by atoms with van der Waals surface area (Å²) in [7, 11) is 0. The van der Waals surface area contributed by atoms with Gasteiger partial charge in [0.15, 0.2) is 5.52 Å². The zero-order valence-electron chi connectivity index (χ0n) is 12.8. The predicted molar refractivity (Wildman–Crippen MR) is 97.1 cm³/mol. The molecule has 1 atom stereocenters. The number of anilines is 1. The molecule has 3 rings (SSSR count).